The topological polar surface area (TPSA) is 46.2 Å². The van der Waals surface area contributed by atoms with Crippen molar-refractivity contribution in [2.45, 2.75) is 44.2 Å². The number of pyridine rings is 1. The number of hydrogen-bond acceptors (Lipinski definition) is 4. The number of ether oxygens (including phenoxy) is 1. The van der Waals surface area contributed by atoms with E-state index in [0.29, 0.717) is 23.3 Å². The molecule has 1 aromatic heterocycles. The second kappa shape index (κ2) is 8.97. The summed E-state index contributed by atoms with van der Waals surface area (Å²) in [4.78, 5) is 3.63. The molecule has 2 fully saturated rings. The lowest BCUT2D eigenvalue weighted by molar-refractivity contribution is 0.293. The maximum Gasteiger partial charge on any atom is 0.219 e. The third kappa shape index (κ3) is 4.86. The Morgan fingerprint density at radius 1 is 1.18 bits per heavy atom. The summed E-state index contributed by atoms with van der Waals surface area (Å²) in [6.07, 6.45) is 6.15. The molecule has 2 aromatic rings. The predicted octanol–water partition coefficient (Wildman–Crippen LogP) is 3.77. The molecular formula is C22H27F2N3O. The fourth-order valence-corrected chi connectivity index (χ4v) is 4.03. The number of nitrogens with one attached hydrogen (secondary N) is 2. The largest absolute Gasteiger partial charge is 0.488 e. The highest BCUT2D eigenvalue weighted by atomic mass is 19.1. The summed E-state index contributed by atoms with van der Waals surface area (Å²) >= 11 is 0. The van der Waals surface area contributed by atoms with E-state index in [1.807, 2.05) is 0 Å². The Bertz CT molecular complexity index is 795. The molecule has 1 aliphatic carbocycles. The molecule has 2 atom stereocenters. The Kier molecular flexibility index (Phi) is 6.17. The van der Waals surface area contributed by atoms with Gasteiger partial charge in [-0.3, -0.25) is 0 Å². The molecule has 150 valence electrons. The molecule has 0 bridgehead atoms. The van der Waals surface area contributed by atoms with Crippen molar-refractivity contribution in [2.75, 3.05) is 19.6 Å². The maximum atomic E-state index is 13.8. The van der Waals surface area contributed by atoms with Crippen LogP contribution in [0.5, 0.6) is 5.75 Å². The quantitative estimate of drug-likeness (QED) is 0.677. The maximum absolute atomic E-state index is 13.8. The van der Waals surface area contributed by atoms with E-state index in [2.05, 4.69) is 15.6 Å². The van der Waals surface area contributed by atoms with E-state index in [9.17, 15) is 8.78 Å². The van der Waals surface area contributed by atoms with Gasteiger partial charge in [0.05, 0.1) is 0 Å². The predicted molar refractivity (Wildman–Crippen MR) is 104 cm³/mol. The molecule has 0 spiro atoms. The van der Waals surface area contributed by atoms with Crippen LogP contribution in [0, 0.1) is 17.7 Å². The fourth-order valence-electron chi connectivity index (χ4n) is 4.03. The van der Waals surface area contributed by atoms with E-state index in [1.165, 1.54) is 37.6 Å². The second-order valence-electron chi connectivity index (χ2n) is 7.81. The standard InChI is InChI=1S/C22H27F2N3O/c23-17-3-4-18(21(12-17)28-14-16-2-1-8-27-22(16)24)19-13-20(19)26-11-7-15-5-9-25-10-6-15/h1-4,8,12,15,19-20,25-26H,5-7,9-11,13-14H2/t19-,20+/m0/s1. The second-order valence-corrected chi connectivity index (χ2v) is 7.81. The van der Waals surface area contributed by atoms with E-state index in [4.69, 9.17) is 4.74 Å². The molecule has 6 heteroatoms. The van der Waals surface area contributed by atoms with Crippen LogP contribution in [0.3, 0.4) is 0 Å². The van der Waals surface area contributed by atoms with Gasteiger partial charge in [-0.05, 0) is 75.0 Å². The number of hydrogen-bond donors (Lipinski definition) is 2. The summed E-state index contributed by atoms with van der Waals surface area (Å²) in [5, 5.41) is 7.04. The summed E-state index contributed by atoms with van der Waals surface area (Å²) in [7, 11) is 0. The third-order valence-corrected chi connectivity index (χ3v) is 5.80. The van der Waals surface area contributed by atoms with E-state index >= 15 is 0 Å². The summed E-state index contributed by atoms with van der Waals surface area (Å²) < 4.78 is 33.3. The van der Waals surface area contributed by atoms with Gasteiger partial charge in [0.1, 0.15) is 18.2 Å². The Balaban J connectivity index is 1.32. The Morgan fingerprint density at radius 3 is 2.86 bits per heavy atom. The molecular weight excluding hydrogens is 360 g/mol. The van der Waals surface area contributed by atoms with Gasteiger partial charge < -0.3 is 15.4 Å². The first-order valence-electron chi connectivity index (χ1n) is 10.2. The average Bonchev–Trinajstić information content (AvgIpc) is 3.47. The number of halogens is 2. The van der Waals surface area contributed by atoms with Gasteiger partial charge in [0.25, 0.3) is 0 Å². The van der Waals surface area contributed by atoms with Crippen LogP contribution in [0.25, 0.3) is 0 Å². The van der Waals surface area contributed by atoms with Crippen molar-refractivity contribution in [3.05, 3.63) is 59.4 Å². The van der Waals surface area contributed by atoms with Crippen LogP contribution in [-0.2, 0) is 6.61 Å². The van der Waals surface area contributed by atoms with Crippen molar-refractivity contribution in [2.24, 2.45) is 5.92 Å². The molecule has 0 amide bonds. The molecule has 2 heterocycles. The first-order chi connectivity index (χ1) is 13.7. The smallest absolute Gasteiger partial charge is 0.219 e. The summed E-state index contributed by atoms with van der Waals surface area (Å²) in [5.41, 5.74) is 1.36. The number of nitrogens with zero attached hydrogens (tertiary/aromatic N) is 1. The minimum atomic E-state index is -0.552. The van der Waals surface area contributed by atoms with Crippen LogP contribution in [0.15, 0.2) is 36.5 Å². The monoisotopic (exact) mass is 387 g/mol. The van der Waals surface area contributed by atoms with Crippen LogP contribution >= 0.6 is 0 Å². The normalized spacial score (nSPS) is 22.2. The van der Waals surface area contributed by atoms with Crippen LogP contribution in [0.2, 0.25) is 0 Å². The van der Waals surface area contributed by atoms with Gasteiger partial charge in [0, 0.05) is 29.8 Å². The molecule has 1 saturated carbocycles. The highest BCUT2D eigenvalue weighted by Crippen LogP contribution is 2.45. The number of aromatic nitrogens is 1. The number of rotatable bonds is 8. The van der Waals surface area contributed by atoms with Gasteiger partial charge in [-0.15, -0.1) is 0 Å². The zero-order chi connectivity index (χ0) is 19.3. The van der Waals surface area contributed by atoms with Gasteiger partial charge in [0.2, 0.25) is 5.95 Å². The van der Waals surface area contributed by atoms with Crippen LogP contribution in [0.1, 0.15) is 42.7 Å². The zero-order valence-electron chi connectivity index (χ0n) is 16.0. The minimum absolute atomic E-state index is 0.0384. The lowest BCUT2D eigenvalue weighted by Gasteiger charge is -2.22. The van der Waals surface area contributed by atoms with Crippen molar-refractivity contribution in [3.63, 3.8) is 0 Å². The van der Waals surface area contributed by atoms with Gasteiger partial charge in [-0.25, -0.2) is 9.37 Å². The highest BCUT2D eigenvalue weighted by Gasteiger charge is 2.39. The Labute approximate surface area is 164 Å². The molecule has 2 N–H and O–H groups in total. The molecule has 1 aliphatic heterocycles. The summed E-state index contributed by atoms with van der Waals surface area (Å²) in [5.74, 6) is 0.731. The van der Waals surface area contributed by atoms with Gasteiger partial charge >= 0.3 is 0 Å². The first-order valence-corrected chi connectivity index (χ1v) is 10.2. The van der Waals surface area contributed by atoms with Crippen molar-refractivity contribution >= 4 is 0 Å². The fraction of sp³-hybridized carbons (Fsp3) is 0.500. The van der Waals surface area contributed by atoms with Gasteiger partial charge in [-0.1, -0.05) is 6.07 Å². The van der Waals surface area contributed by atoms with E-state index in [-0.39, 0.29) is 12.4 Å². The van der Waals surface area contributed by atoms with Crippen LogP contribution in [0.4, 0.5) is 8.78 Å². The lowest BCUT2D eigenvalue weighted by Crippen LogP contribution is -2.30. The number of benzene rings is 1. The van der Waals surface area contributed by atoms with E-state index < -0.39 is 5.95 Å². The number of piperidine rings is 1. The summed E-state index contributed by atoms with van der Waals surface area (Å²) in [6.45, 7) is 3.32. The van der Waals surface area contributed by atoms with Crippen molar-refractivity contribution < 1.29 is 13.5 Å². The van der Waals surface area contributed by atoms with Crippen LogP contribution in [-0.4, -0.2) is 30.7 Å². The molecule has 28 heavy (non-hydrogen) atoms. The average molecular weight is 387 g/mol. The molecule has 1 saturated heterocycles. The van der Waals surface area contributed by atoms with Crippen molar-refractivity contribution in [3.8, 4) is 5.75 Å². The van der Waals surface area contributed by atoms with Crippen LogP contribution < -0.4 is 15.4 Å². The molecule has 0 radical (unpaired) electrons. The van der Waals surface area contributed by atoms with Crippen molar-refractivity contribution in [1.82, 2.24) is 15.6 Å². The van der Waals surface area contributed by atoms with Gasteiger partial charge in [-0.2, -0.15) is 4.39 Å². The molecule has 0 unspecified atom stereocenters. The molecule has 1 aromatic carbocycles. The molecule has 2 aliphatic rings. The highest BCUT2D eigenvalue weighted by molar-refractivity contribution is 5.41. The SMILES string of the molecule is Fc1ccc([C@@H]2C[C@H]2NCCC2CCNCC2)c(OCc2cccnc2F)c1. The zero-order valence-corrected chi connectivity index (χ0v) is 16.0. The first kappa shape index (κ1) is 19.3. The Hall–Kier alpha value is -2.05. The summed E-state index contributed by atoms with van der Waals surface area (Å²) in [6, 6.07) is 8.36. The molecule has 4 nitrogen and oxygen atoms in total. The van der Waals surface area contributed by atoms with E-state index in [1.54, 1.807) is 18.2 Å². The lowest BCUT2D eigenvalue weighted by atomic mass is 9.95. The van der Waals surface area contributed by atoms with Gasteiger partial charge in [0.15, 0.2) is 0 Å². The van der Waals surface area contributed by atoms with Crippen molar-refractivity contribution in [1.29, 1.82) is 0 Å². The Morgan fingerprint density at radius 2 is 2.04 bits per heavy atom. The third-order valence-electron chi connectivity index (χ3n) is 5.80. The minimum Gasteiger partial charge on any atom is -0.488 e. The molecule has 4 rings (SSSR count). The van der Waals surface area contributed by atoms with E-state index in [0.717, 1.165) is 37.5 Å².